The summed E-state index contributed by atoms with van der Waals surface area (Å²) in [6.45, 7) is 17.8. The number of carbonyl (C=O) groups is 1. The van der Waals surface area contributed by atoms with Crippen LogP contribution in [0.2, 0.25) is 24.7 Å². The molecule has 0 rings (SSSR count). The minimum Gasteiger partial charge on any atom is -0.465 e. The summed E-state index contributed by atoms with van der Waals surface area (Å²) >= 11 is 0. The van der Waals surface area contributed by atoms with Gasteiger partial charge < -0.3 is 4.74 Å². The Hall–Kier alpha value is -0.313. The molecular weight excluding hydrogens is 216 g/mol. The molecule has 0 heterocycles. The van der Waals surface area contributed by atoms with E-state index in [2.05, 4.69) is 33.5 Å². The van der Waals surface area contributed by atoms with E-state index in [1.807, 2.05) is 20.8 Å². The van der Waals surface area contributed by atoms with E-state index in [4.69, 9.17) is 4.74 Å². The maximum absolute atomic E-state index is 11.9. The van der Waals surface area contributed by atoms with Gasteiger partial charge in [-0.1, -0.05) is 40.4 Å². The molecule has 0 aliphatic rings. The predicted molar refractivity (Wildman–Crippen MR) is 72.4 cm³/mol. The van der Waals surface area contributed by atoms with Gasteiger partial charge in [0, 0.05) is 0 Å². The van der Waals surface area contributed by atoms with Gasteiger partial charge in [0.25, 0.3) is 0 Å². The minimum atomic E-state index is -1.30. The van der Waals surface area contributed by atoms with E-state index in [9.17, 15) is 4.79 Å². The average molecular weight is 244 g/mol. The first-order valence-electron chi connectivity index (χ1n) is 6.11. The summed E-state index contributed by atoms with van der Waals surface area (Å²) in [6.07, 6.45) is 0.819. The van der Waals surface area contributed by atoms with E-state index >= 15 is 0 Å². The molecule has 0 aliphatic heterocycles. The summed E-state index contributed by atoms with van der Waals surface area (Å²) in [6, 6.07) is 0. The van der Waals surface area contributed by atoms with Gasteiger partial charge >= 0.3 is 5.97 Å². The number of esters is 1. The Morgan fingerprint density at radius 1 is 1.12 bits per heavy atom. The molecular formula is C13H28O2Si. The first kappa shape index (κ1) is 15.7. The topological polar surface area (TPSA) is 26.3 Å². The van der Waals surface area contributed by atoms with Crippen molar-refractivity contribution in [2.75, 3.05) is 6.61 Å². The number of rotatable bonds is 5. The number of ether oxygens (including phenoxy) is 1. The third-order valence-electron chi connectivity index (χ3n) is 4.03. The maximum atomic E-state index is 11.9. The zero-order valence-corrected chi connectivity index (χ0v) is 13.2. The highest BCUT2D eigenvalue weighted by atomic mass is 28.3. The summed E-state index contributed by atoms with van der Waals surface area (Å²) in [5.41, 5.74) is -0.352. The molecule has 96 valence electrons. The molecule has 0 spiro atoms. The third kappa shape index (κ3) is 3.93. The fourth-order valence-electron chi connectivity index (χ4n) is 0.802. The van der Waals surface area contributed by atoms with Crippen molar-refractivity contribution in [3.05, 3.63) is 0 Å². The van der Waals surface area contributed by atoms with Crippen LogP contribution in [0.1, 0.15) is 41.0 Å². The van der Waals surface area contributed by atoms with Gasteiger partial charge in [-0.15, -0.1) is 0 Å². The summed E-state index contributed by atoms with van der Waals surface area (Å²) in [4.78, 5) is 11.9. The molecule has 0 atom stereocenters. The summed E-state index contributed by atoms with van der Waals surface area (Å²) in [5.74, 6) is -0.0682. The average Bonchev–Trinajstić information content (AvgIpc) is 2.12. The van der Waals surface area contributed by atoms with Crippen LogP contribution in [0.5, 0.6) is 0 Å². The zero-order valence-electron chi connectivity index (χ0n) is 12.2. The second-order valence-corrected chi connectivity index (χ2v) is 12.8. The Kier molecular flexibility index (Phi) is 4.81. The summed E-state index contributed by atoms with van der Waals surface area (Å²) in [5, 5.41) is 0.131. The van der Waals surface area contributed by atoms with Gasteiger partial charge in [-0.2, -0.15) is 0 Å². The fraction of sp³-hybridized carbons (Fsp3) is 0.923. The van der Waals surface area contributed by atoms with E-state index in [1.54, 1.807) is 0 Å². The van der Waals surface area contributed by atoms with E-state index < -0.39 is 8.07 Å². The lowest BCUT2D eigenvalue weighted by Gasteiger charge is -2.37. The Morgan fingerprint density at radius 3 is 1.88 bits per heavy atom. The molecule has 0 bridgehead atoms. The first-order chi connectivity index (χ1) is 6.94. The lowest BCUT2D eigenvalue weighted by Crippen LogP contribution is -2.40. The summed E-state index contributed by atoms with van der Waals surface area (Å²) in [7, 11) is -1.30. The van der Waals surface area contributed by atoms with E-state index in [1.165, 1.54) is 0 Å². The molecule has 0 aromatic carbocycles. The lowest BCUT2D eigenvalue weighted by atomic mass is 9.91. The smallest absolute Gasteiger partial charge is 0.311 e. The molecule has 16 heavy (non-hydrogen) atoms. The molecule has 0 fully saturated rings. The van der Waals surface area contributed by atoms with Gasteiger partial charge in [0.1, 0.15) is 0 Å². The van der Waals surface area contributed by atoms with Crippen molar-refractivity contribution < 1.29 is 9.53 Å². The normalized spacial score (nSPS) is 13.8. The highest BCUT2D eigenvalue weighted by molar-refractivity contribution is 6.79. The van der Waals surface area contributed by atoms with Crippen molar-refractivity contribution >= 4 is 14.0 Å². The van der Waals surface area contributed by atoms with Crippen LogP contribution in [0.25, 0.3) is 0 Å². The maximum Gasteiger partial charge on any atom is 0.311 e. The van der Waals surface area contributed by atoms with Crippen LogP contribution >= 0.6 is 0 Å². The highest BCUT2D eigenvalue weighted by Crippen LogP contribution is 2.37. The van der Waals surface area contributed by atoms with Gasteiger partial charge in [0.05, 0.1) is 20.1 Å². The first-order valence-corrected chi connectivity index (χ1v) is 9.61. The predicted octanol–water partition coefficient (Wildman–Crippen LogP) is 4.08. The van der Waals surface area contributed by atoms with E-state index in [0.29, 0.717) is 6.61 Å². The second-order valence-electron chi connectivity index (χ2n) is 6.95. The number of hydrogen-bond donors (Lipinski definition) is 0. The molecule has 2 nitrogen and oxygen atoms in total. The molecule has 0 aromatic rings. The van der Waals surface area contributed by atoms with Crippen LogP contribution in [0, 0.1) is 5.41 Å². The molecule has 0 amide bonds. The van der Waals surface area contributed by atoms with E-state index in [0.717, 1.165) is 6.42 Å². The number of hydrogen-bond acceptors (Lipinski definition) is 2. The fourth-order valence-corrected chi connectivity index (χ4v) is 1.31. The Bertz CT molecular complexity index is 249. The van der Waals surface area contributed by atoms with Crippen LogP contribution in [-0.2, 0) is 9.53 Å². The van der Waals surface area contributed by atoms with Crippen molar-refractivity contribution in [1.29, 1.82) is 0 Å². The van der Waals surface area contributed by atoms with Crippen LogP contribution in [-0.4, -0.2) is 20.7 Å². The third-order valence-corrected chi connectivity index (χ3v) is 8.24. The van der Waals surface area contributed by atoms with Gasteiger partial charge in [-0.25, -0.2) is 0 Å². The molecule has 3 heteroatoms. The molecule has 0 aromatic heterocycles. The molecule has 0 N–H and O–H groups in total. The molecule has 0 saturated heterocycles. The lowest BCUT2D eigenvalue weighted by molar-refractivity contribution is -0.155. The Balaban J connectivity index is 4.43. The van der Waals surface area contributed by atoms with Gasteiger partial charge in [0.15, 0.2) is 0 Å². The van der Waals surface area contributed by atoms with Crippen LogP contribution in [0.15, 0.2) is 0 Å². The van der Waals surface area contributed by atoms with Gasteiger partial charge in [-0.05, 0) is 25.3 Å². The molecule has 0 saturated carbocycles. The summed E-state index contributed by atoms with van der Waals surface area (Å²) < 4.78 is 5.48. The Labute approximate surface area is 102 Å². The van der Waals surface area contributed by atoms with Crippen LogP contribution < -0.4 is 0 Å². The van der Waals surface area contributed by atoms with Crippen molar-refractivity contribution in [2.24, 2.45) is 5.41 Å². The molecule has 0 unspecified atom stereocenters. The van der Waals surface area contributed by atoms with E-state index in [-0.39, 0.29) is 16.4 Å². The van der Waals surface area contributed by atoms with Gasteiger partial charge in [-0.3, -0.25) is 4.79 Å². The minimum absolute atomic E-state index is 0.0682. The monoisotopic (exact) mass is 244 g/mol. The standard InChI is InChI=1S/C13H28O2Si/c1-9-12(2,3)11(14)15-10-13(4,5)16(6,7)8/h9-10H2,1-8H3. The molecule has 0 aliphatic carbocycles. The molecule has 0 radical (unpaired) electrons. The van der Waals surface area contributed by atoms with Crippen molar-refractivity contribution in [3.63, 3.8) is 0 Å². The van der Waals surface area contributed by atoms with Crippen molar-refractivity contribution in [2.45, 2.75) is 65.7 Å². The second kappa shape index (κ2) is 4.90. The number of carbonyl (C=O) groups excluding carboxylic acids is 1. The van der Waals surface area contributed by atoms with Crippen molar-refractivity contribution in [1.82, 2.24) is 0 Å². The Morgan fingerprint density at radius 2 is 1.56 bits per heavy atom. The highest BCUT2D eigenvalue weighted by Gasteiger charge is 2.37. The zero-order chi connectivity index (χ0) is 13.2. The SMILES string of the molecule is CCC(C)(C)C(=O)OCC(C)(C)[Si](C)(C)C. The van der Waals surface area contributed by atoms with Crippen LogP contribution in [0.4, 0.5) is 0 Å². The largest absolute Gasteiger partial charge is 0.465 e. The van der Waals surface area contributed by atoms with Crippen molar-refractivity contribution in [3.8, 4) is 0 Å². The quantitative estimate of drug-likeness (QED) is 0.538. The van der Waals surface area contributed by atoms with Gasteiger partial charge in [0.2, 0.25) is 0 Å². The van der Waals surface area contributed by atoms with Crippen LogP contribution in [0.3, 0.4) is 0 Å².